The molecule has 0 aliphatic carbocycles. The van der Waals surface area contributed by atoms with Crippen molar-refractivity contribution in [2.75, 3.05) is 13.2 Å². The van der Waals surface area contributed by atoms with Crippen molar-refractivity contribution in [1.29, 1.82) is 0 Å². The normalized spacial score (nSPS) is 16.4. The molecule has 1 fully saturated rings. The maximum Gasteiger partial charge on any atom is 0.255 e. The molecule has 0 atom stereocenters. The van der Waals surface area contributed by atoms with Crippen LogP contribution in [0.2, 0.25) is 0 Å². The van der Waals surface area contributed by atoms with Gasteiger partial charge in [0.15, 0.2) is 0 Å². The van der Waals surface area contributed by atoms with E-state index in [9.17, 15) is 4.79 Å². The molecule has 1 amide bonds. The summed E-state index contributed by atoms with van der Waals surface area (Å²) in [6, 6.07) is 1.92. The Hall–Kier alpha value is -1.29. The number of amides is 1. The largest absolute Gasteiger partial charge is 0.466 e. The van der Waals surface area contributed by atoms with E-state index in [4.69, 9.17) is 9.15 Å². The van der Waals surface area contributed by atoms with Crippen LogP contribution < -0.4 is 5.32 Å². The number of nitrogens with one attached hydrogen (secondary N) is 1. The molecule has 14 heavy (non-hydrogen) atoms. The van der Waals surface area contributed by atoms with Gasteiger partial charge in [-0.2, -0.15) is 0 Å². The summed E-state index contributed by atoms with van der Waals surface area (Å²) in [5.41, 5.74) is 0.620. The van der Waals surface area contributed by atoms with E-state index in [1.54, 1.807) is 13.0 Å². The van der Waals surface area contributed by atoms with E-state index < -0.39 is 0 Å². The quantitative estimate of drug-likeness (QED) is 0.766. The summed E-state index contributed by atoms with van der Waals surface area (Å²) in [5, 5.41) is 2.86. The topological polar surface area (TPSA) is 51.5 Å². The molecular formula is C10H13NO3. The zero-order valence-corrected chi connectivity index (χ0v) is 8.29. The van der Waals surface area contributed by atoms with Crippen molar-refractivity contribution in [1.82, 2.24) is 5.32 Å². The lowest BCUT2D eigenvalue weighted by atomic mass is 10.2. The number of ether oxygens (including phenoxy) is 1. The summed E-state index contributed by atoms with van der Waals surface area (Å²) in [7, 11) is 0. The van der Waals surface area contributed by atoms with Crippen molar-refractivity contribution in [3.05, 3.63) is 23.2 Å². The van der Waals surface area contributed by atoms with E-state index in [-0.39, 0.29) is 11.9 Å². The zero-order valence-electron chi connectivity index (χ0n) is 8.29. The van der Waals surface area contributed by atoms with E-state index in [0.29, 0.717) is 24.5 Å². The van der Waals surface area contributed by atoms with Gasteiger partial charge < -0.3 is 14.5 Å². The average molecular weight is 195 g/mol. The average Bonchev–Trinajstić information content (AvgIpc) is 2.37. The summed E-state index contributed by atoms with van der Waals surface area (Å²) in [6.45, 7) is 4.85. The fourth-order valence-electron chi connectivity index (χ4n) is 1.44. The Balaban J connectivity index is 2.06. The van der Waals surface area contributed by atoms with Crippen LogP contribution in [0, 0.1) is 13.8 Å². The van der Waals surface area contributed by atoms with Gasteiger partial charge in [-0.1, -0.05) is 0 Å². The Kier molecular flexibility index (Phi) is 2.29. The van der Waals surface area contributed by atoms with Crippen molar-refractivity contribution < 1.29 is 13.9 Å². The maximum atomic E-state index is 11.7. The number of furan rings is 1. The van der Waals surface area contributed by atoms with Crippen molar-refractivity contribution >= 4 is 5.91 Å². The van der Waals surface area contributed by atoms with Gasteiger partial charge in [0.25, 0.3) is 5.91 Å². The van der Waals surface area contributed by atoms with Gasteiger partial charge in [-0.05, 0) is 19.9 Å². The maximum absolute atomic E-state index is 11.7. The predicted molar refractivity (Wildman–Crippen MR) is 50.3 cm³/mol. The fraction of sp³-hybridized carbons (Fsp3) is 0.500. The van der Waals surface area contributed by atoms with Crippen molar-refractivity contribution in [2.24, 2.45) is 0 Å². The lowest BCUT2D eigenvalue weighted by Gasteiger charge is -2.26. The van der Waals surface area contributed by atoms with Gasteiger partial charge in [0, 0.05) is 0 Å². The van der Waals surface area contributed by atoms with Crippen LogP contribution in [0.25, 0.3) is 0 Å². The van der Waals surface area contributed by atoms with Crippen LogP contribution in [-0.2, 0) is 4.74 Å². The molecule has 2 rings (SSSR count). The molecule has 1 aliphatic rings. The highest BCUT2D eigenvalue weighted by Gasteiger charge is 2.22. The third kappa shape index (κ3) is 1.65. The molecule has 76 valence electrons. The standard InChI is InChI=1S/C10H13NO3/c1-6-3-9(7(2)14-6)10(12)11-8-4-13-5-8/h3,8H,4-5H2,1-2H3,(H,11,12). The minimum Gasteiger partial charge on any atom is -0.466 e. The molecule has 1 aromatic rings. The highest BCUT2D eigenvalue weighted by atomic mass is 16.5. The molecule has 1 N–H and O–H groups in total. The minimum atomic E-state index is -0.0762. The van der Waals surface area contributed by atoms with Gasteiger partial charge >= 0.3 is 0 Å². The zero-order chi connectivity index (χ0) is 10.1. The second-order valence-electron chi connectivity index (χ2n) is 3.53. The van der Waals surface area contributed by atoms with Crippen molar-refractivity contribution in [2.45, 2.75) is 19.9 Å². The number of aryl methyl sites for hydroxylation is 2. The number of hydrogen-bond donors (Lipinski definition) is 1. The van der Waals surface area contributed by atoms with Crippen LogP contribution in [0.3, 0.4) is 0 Å². The fourth-order valence-corrected chi connectivity index (χ4v) is 1.44. The van der Waals surface area contributed by atoms with Crippen LogP contribution in [0.1, 0.15) is 21.9 Å². The molecule has 0 aromatic carbocycles. The van der Waals surface area contributed by atoms with Crippen LogP contribution in [-0.4, -0.2) is 25.2 Å². The van der Waals surface area contributed by atoms with Gasteiger partial charge in [-0.3, -0.25) is 4.79 Å². The van der Waals surface area contributed by atoms with Gasteiger partial charge in [0.2, 0.25) is 0 Å². The molecule has 0 saturated carbocycles. The smallest absolute Gasteiger partial charge is 0.255 e. The van der Waals surface area contributed by atoms with E-state index in [1.807, 2.05) is 6.92 Å². The van der Waals surface area contributed by atoms with Crippen molar-refractivity contribution in [3.63, 3.8) is 0 Å². The first-order valence-corrected chi connectivity index (χ1v) is 4.62. The molecule has 1 aromatic heterocycles. The number of hydrogen-bond acceptors (Lipinski definition) is 3. The lowest BCUT2D eigenvalue weighted by Crippen LogP contribution is -2.48. The highest BCUT2D eigenvalue weighted by Crippen LogP contribution is 2.14. The third-order valence-electron chi connectivity index (χ3n) is 2.26. The summed E-state index contributed by atoms with van der Waals surface area (Å²) < 4.78 is 10.2. The van der Waals surface area contributed by atoms with Gasteiger partial charge in [-0.15, -0.1) is 0 Å². The Labute approximate surface area is 82.2 Å². The molecule has 0 bridgehead atoms. The van der Waals surface area contributed by atoms with Crippen LogP contribution in [0.5, 0.6) is 0 Å². The Morgan fingerprint density at radius 3 is 2.64 bits per heavy atom. The second kappa shape index (κ2) is 3.46. The summed E-state index contributed by atoms with van der Waals surface area (Å²) in [4.78, 5) is 11.7. The molecule has 1 aliphatic heterocycles. The number of carbonyl (C=O) groups excluding carboxylic acids is 1. The van der Waals surface area contributed by atoms with Gasteiger partial charge in [-0.25, -0.2) is 0 Å². The summed E-state index contributed by atoms with van der Waals surface area (Å²) in [6.07, 6.45) is 0. The second-order valence-corrected chi connectivity index (χ2v) is 3.53. The minimum absolute atomic E-state index is 0.0762. The molecule has 0 unspecified atom stereocenters. The Morgan fingerprint density at radius 2 is 2.21 bits per heavy atom. The first-order chi connectivity index (χ1) is 6.66. The van der Waals surface area contributed by atoms with E-state index in [0.717, 1.165) is 5.76 Å². The lowest BCUT2D eigenvalue weighted by molar-refractivity contribution is -0.00348. The Morgan fingerprint density at radius 1 is 1.50 bits per heavy atom. The molecule has 4 nitrogen and oxygen atoms in total. The van der Waals surface area contributed by atoms with Gasteiger partial charge in [0.1, 0.15) is 11.5 Å². The SMILES string of the molecule is Cc1cc(C(=O)NC2COC2)c(C)o1. The first kappa shape index (κ1) is 9.27. The molecule has 0 spiro atoms. The van der Waals surface area contributed by atoms with Crippen molar-refractivity contribution in [3.8, 4) is 0 Å². The molecule has 1 saturated heterocycles. The van der Waals surface area contributed by atoms with E-state index >= 15 is 0 Å². The first-order valence-electron chi connectivity index (χ1n) is 4.62. The third-order valence-corrected chi connectivity index (χ3v) is 2.26. The number of rotatable bonds is 2. The molecule has 4 heteroatoms. The van der Waals surface area contributed by atoms with Gasteiger partial charge in [0.05, 0.1) is 24.8 Å². The van der Waals surface area contributed by atoms with E-state index in [1.165, 1.54) is 0 Å². The molecule has 0 radical (unpaired) electrons. The number of carbonyl (C=O) groups is 1. The van der Waals surface area contributed by atoms with Crippen LogP contribution in [0.4, 0.5) is 0 Å². The Bertz CT molecular complexity index is 352. The highest BCUT2D eigenvalue weighted by molar-refractivity contribution is 5.95. The summed E-state index contributed by atoms with van der Waals surface area (Å²) in [5.74, 6) is 1.35. The summed E-state index contributed by atoms with van der Waals surface area (Å²) >= 11 is 0. The molecule has 2 heterocycles. The predicted octanol–water partition coefficient (Wildman–Crippen LogP) is 1.03. The van der Waals surface area contributed by atoms with E-state index in [2.05, 4.69) is 5.32 Å². The molecular weight excluding hydrogens is 182 g/mol. The van der Waals surface area contributed by atoms with Crippen LogP contribution >= 0.6 is 0 Å². The monoisotopic (exact) mass is 195 g/mol. The van der Waals surface area contributed by atoms with Crippen LogP contribution in [0.15, 0.2) is 10.5 Å².